The molecule has 0 radical (unpaired) electrons. The molecule has 25 heavy (non-hydrogen) atoms. The predicted octanol–water partition coefficient (Wildman–Crippen LogP) is 3.75. The van der Waals surface area contributed by atoms with Crippen LogP contribution in [0, 0.1) is 0 Å². The number of nitrogens with one attached hydrogen (secondary N) is 1. The Kier molecular flexibility index (Phi) is 5.81. The molecule has 0 atom stereocenters. The van der Waals surface area contributed by atoms with E-state index in [2.05, 4.69) is 4.72 Å². The van der Waals surface area contributed by atoms with Gasteiger partial charge >= 0.3 is 5.76 Å². The Hall–Kier alpha value is -1.97. The van der Waals surface area contributed by atoms with Gasteiger partial charge in [0.05, 0.1) is 10.3 Å². The van der Waals surface area contributed by atoms with Crippen molar-refractivity contribution in [1.29, 1.82) is 0 Å². The van der Waals surface area contributed by atoms with E-state index >= 15 is 0 Å². The number of hydrogen-bond acceptors (Lipinski definition) is 4. The second kappa shape index (κ2) is 7.51. The van der Waals surface area contributed by atoms with Crippen molar-refractivity contribution in [3.63, 3.8) is 0 Å². The summed E-state index contributed by atoms with van der Waals surface area (Å²) in [6.45, 7) is 0. The molecule has 0 amide bonds. The normalized spacial score (nSPS) is 12.6. The average molecular weight is 408 g/mol. The Balaban J connectivity index is 2.14. The number of rotatable bonds is 6. The van der Waals surface area contributed by atoms with Gasteiger partial charge in [0.2, 0.25) is 9.84 Å². The van der Waals surface area contributed by atoms with Crippen LogP contribution in [0.1, 0.15) is 5.56 Å². The molecule has 10 heteroatoms. The lowest BCUT2D eigenvalue weighted by molar-refractivity contribution is 0.234. The van der Waals surface area contributed by atoms with E-state index in [0.29, 0.717) is 10.6 Å². The second-order valence-corrected chi connectivity index (χ2v) is 8.75. The summed E-state index contributed by atoms with van der Waals surface area (Å²) in [6.07, 6.45) is 1.34. The summed E-state index contributed by atoms with van der Waals surface area (Å²) in [5.41, 5.74) is 0.641. The number of sulfonamides is 1. The van der Waals surface area contributed by atoms with E-state index in [-0.39, 0.29) is 5.69 Å². The van der Waals surface area contributed by atoms with Gasteiger partial charge in [-0.25, -0.2) is 16.8 Å². The topological polar surface area (TPSA) is 80.3 Å². The molecule has 0 aliphatic rings. The average Bonchev–Trinajstić information content (AvgIpc) is 2.54. The predicted molar refractivity (Wildman–Crippen MR) is 92.7 cm³/mol. The van der Waals surface area contributed by atoms with Crippen LogP contribution in [0.4, 0.5) is 14.5 Å². The van der Waals surface area contributed by atoms with Crippen LogP contribution in [-0.2, 0) is 19.9 Å². The lowest BCUT2D eigenvalue weighted by Gasteiger charge is -2.06. The Bertz CT molecular complexity index is 971. The van der Waals surface area contributed by atoms with Crippen LogP contribution >= 0.6 is 11.6 Å². The molecule has 0 aromatic heterocycles. The minimum atomic E-state index is -4.72. The molecule has 0 spiro atoms. The van der Waals surface area contributed by atoms with Crippen molar-refractivity contribution in [1.82, 2.24) is 0 Å². The first-order chi connectivity index (χ1) is 11.6. The highest BCUT2D eigenvalue weighted by molar-refractivity contribution is 7.95. The van der Waals surface area contributed by atoms with Gasteiger partial charge in [0, 0.05) is 10.7 Å². The highest BCUT2D eigenvalue weighted by Gasteiger charge is 2.26. The van der Waals surface area contributed by atoms with Gasteiger partial charge in [0.15, 0.2) is 0 Å². The second-order valence-electron chi connectivity index (χ2n) is 4.83. The minimum Gasteiger partial charge on any atom is -0.280 e. The Labute approximate surface area is 148 Å². The van der Waals surface area contributed by atoms with Gasteiger partial charge in [0.1, 0.15) is 0 Å². The molecule has 2 rings (SSSR count). The molecule has 0 heterocycles. The molecule has 0 saturated carbocycles. The fourth-order valence-corrected chi connectivity index (χ4v) is 3.47. The summed E-state index contributed by atoms with van der Waals surface area (Å²) in [4.78, 5) is -0.595. The number of halogens is 3. The standard InChI is InChI=1S/C15H12ClF2NO4S2/c16-12-3-1-11(2-4-12)9-10-24(20,21)19-13-5-7-14(8-6-13)25(22,23)15(17)18/h1-10,15,19H/b10-9+. The van der Waals surface area contributed by atoms with Gasteiger partial charge in [-0.15, -0.1) is 0 Å². The Morgan fingerprint density at radius 2 is 1.48 bits per heavy atom. The fourth-order valence-electron chi connectivity index (χ4n) is 1.76. The number of hydrogen-bond donors (Lipinski definition) is 1. The lowest BCUT2D eigenvalue weighted by Crippen LogP contribution is -2.12. The number of alkyl halides is 2. The zero-order chi connectivity index (χ0) is 18.7. The number of anilines is 1. The third-order valence-electron chi connectivity index (χ3n) is 2.99. The van der Waals surface area contributed by atoms with Crippen molar-refractivity contribution in [2.24, 2.45) is 0 Å². The molecule has 5 nitrogen and oxygen atoms in total. The summed E-state index contributed by atoms with van der Waals surface area (Å²) in [6, 6.07) is 10.4. The van der Waals surface area contributed by atoms with Gasteiger partial charge in [-0.2, -0.15) is 8.78 Å². The number of sulfone groups is 1. The van der Waals surface area contributed by atoms with Crippen molar-refractivity contribution < 1.29 is 25.6 Å². The maximum Gasteiger partial charge on any atom is 0.341 e. The zero-order valence-electron chi connectivity index (χ0n) is 12.4. The summed E-state index contributed by atoms with van der Waals surface area (Å²) in [5, 5.41) is 1.43. The van der Waals surface area contributed by atoms with Crippen LogP contribution in [0.3, 0.4) is 0 Å². The summed E-state index contributed by atoms with van der Waals surface area (Å²) in [5.74, 6) is -3.54. The zero-order valence-corrected chi connectivity index (χ0v) is 14.8. The lowest BCUT2D eigenvalue weighted by atomic mass is 10.2. The smallest absolute Gasteiger partial charge is 0.280 e. The van der Waals surface area contributed by atoms with Crippen molar-refractivity contribution >= 4 is 43.2 Å². The van der Waals surface area contributed by atoms with E-state index < -0.39 is 30.5 Å². The molecule has 0 bridgehead atoms. The molecule has 0 fully saturated rings. The number of benzene rings is 2. The molecule has 0 saturated heterocycles. The van der Waals surface area contributed by atoms with Crippen LogP contribution in [0.2, 0.25) is 5.02 Å². The van der Waals surface area contributed by atoms with E-state index in [4.69, 9.17) is 11.6 Å². The van der Waals surface area contributed by atoms with E-state index in [1.165, 1.54) is 6.08 Å². The monoisotopic (exact) mass is 407 g/mol. The van der Waals surface area contributed by atoms with E-state index in [9.17, 15) is 25.6 Å². The van der Waals surface area contributed by atoms with Gasteiger partial charge in [-0.05, 0) is 48.0 Å². The van der Waals surface area contributed by atoms with Crippen LogP contribution in [-0.4, -0.2) is 22.6 Å². The third kappa shape index (κ3) is 5.25. The highest BCUT2D eigenvalue weighted by atomic mass is 35.5. The fraction of sp³-hybridized carbons (Fsp3) is 0.0667. The van der Waals surface area contributed by atoms with Gasteiger partial charge in [0.25, 0.3) is 10.0 Å². The minimum absolute atomic E-state index is 0.0361. The van der Waals surface area contributed by atoms with Crippen LogP contribution in [0.15, 0.2) is 58.8 Å². The summed E-state index contributed by atoms with van der Waals surface area (Å²) in [7, 11) is -8.59. The van der Waals surface area contributed by atoms with E-state index in [1.807, 2.05) is 0 Å². The molecule has 134 valence electrons. The molecular formula is C15H12ClF2NO4S2. The molecule has 0 aliphatic heterocycles. The van der Waals surface area contributed by atoms with E-state index in [0.717, 1.165) is 29.7 Å². The van der Waals surface area contributed by atoms with Crippen LogP contribution in [0.5, 0.6) is 0 Å². The van der Waals surface area contributed by atoms with Gasteiger partial charge in [-0.3, -0.25) is 4.72 Å². The maximum atomic E-state index is 12.4. The quantitative estimate of drug-likeness (QED) is 0.790. The first-order valence-electron chi connectivity index (χ1n) is 6.69. The van der Waals surface area contributed by atoms with Crippen LogP contribution in [0.25, 0.3) is 6.08 Å². The molecule has 2 aromatic rings. The SMILES string of the molecule is O=S(=O)(/C=C/c1ccc(Cl)cc1)Nc1ccc(S(=O)(=O)C(F)F)cc1. The van der Waals surface area contributed by atoms with Crippen molar-refractivity contribution in [2.75, 3.05) is 4.72 Å². The molecule has 1 N–H and O–H groups in total. The van der Waals surface area contributed by atoms with Crippen molar-refractivity contribution in [2.45, 2.75) is 10.7 Å². The first-order valence-corrected chi connectivity index (χ1v) is 10.2. The maximum absolute atomic E-state index is 12.4. The molecule has 0 unspecified atom stereocenters. The summed E-state index contributed by atoms with van der Waals surface area (Å²) < 4.78 is 73.6. The molecule has 0 aliphatic carbocycles. The molecular weight excluding hydrogens is 396 g/mol. The molecule has 2 aromatic carbocycles. The van der Waals surface area contributed by atoms with Crippen LogP contribution < -0.4 is 4.72 Å². The van der Waals surface area contributed by atoms with Gasteiger partial charge in [-0.1, -0.05) is 23.7 Å². The highest BCUT2D eigenvalue weighted by Crippen LogP contribution is 2.21. The largest absolute Gasteiger partial charge is 0.341 e. The first kappa shape index (κ1) is 19.4. The van der Waals surface area contributed by atoms with Gasteiger partial charge < -0.3 is 0 Å². The summed E-state index contributed by atoms with van der Waals surface area (Å²) >= 11 is 5.73. The van der Waals surface area contributed by atoms with Crippen molar-refractivity contribution in [3.05, 3.63) is 64.5 Å². The van der Waals surface area contributed by atoms with Crippen molar-refractivity contribution in [3.8, 4) is 0 Å². The Morgan fingerprint density at radius 1 is 0.920 bits per heavy atom. The Morgan fingerprint density at radius 3 is 2.00 bits per heavy atom. The third-order valence-corrected chi connectivity index (χ3v) is 5.65. The van der Waals surface area contributed by atoms with E-state index in [1.54, 1.807) is 24.3 Å².